The van der Waals surface area contributed by atoms with Crippen molar-refractivity contribution in [2.24, 2.45) is 0 Å². The van der Waals surface area contributed by atoms with Gasteiger partial charge in [0, 0.05) is 13.1 Å². The van der Waals surface area contributed by atoms with Crippen LogP contribution in [-0.4, -0.2) is 33.8 Å². The fourth-order valence-corrected chi connectivity index (χ4v) is 1.37. The van der Waals surface area contributed by atoms with Crippen molar-refractivity contribution in [1.82, 2.24) is 4.98 Å². The highest BCUT2D eigenvalue weighted by molar-refractivity contribution is 7.92. The molecule has 14 heavy (non-hydrogen) atoms. The Kier molecular flexibility index (Phi) is 2.95. The molecular formula is C8H12N2O3S. The molecule has 0 N–H and O–H groups in total. The Morgan fingerprint density at radius 1 is 1.43 bits per heavy atom. The number of hydrogen-bond donors (Lipinski definition) is 0. The summed E-state index contributed by atoms with van der Waals surface area (Å²) in [5.41, 5.74) is 0.479. The van der Waals surface area contributed by atoms with Gasteiger partial charge in [-0.25, -0.2) is 8.42 Å². The van der Waals surface area contributed by atoms with Gasteiger partial charge in [-0.15, -0.1) is 0 Å². The lowest BCUT2D eigenvalue weighted by Gasteiger charge is -2.16. The minimum Gasteiger partial charge on any atom is -0.495 e. The number of anilines is 1. The maximum absolute atomic E-state index is 11.2. The van der Waals surface area contributed by atoms with E-state index in [1.54, 1.807) is 6.07 Å². The quantitative estimate of drug-likeness (QED) is 0.737. The lowest BCUT2D eigenvalue weighted by atomic mass is 10.4. The number of aromatic nitrogens is 1. The number of methoxy groups -OCH3 is 1. The fraction of sp³-hybridized carbons (Fsp3) is 0.375. The first-order valence-electron chi connectivity index (χ1n) is 3.88. The van der Waals surface area contributed by atoms with Crippen molar-refractivity contribution in [3.8, 4) is 5.75 Å². The minimum absolute atomic E-state index is 0.479. The van der Waals surface area contributed by atoms with Crippen LogP contribution in [0.25, 0.3) is 0 Å². The molecule has 78 valence electrons. The topological polar surface area (TPSA) is 59.5 Å². The summed E-state index contributed by atoms with van der Waals surface area (Å²) in [4.78, 5) is 3.86. The Morgan fingerprint density at radius 3 is 2.57 bits per heavy atom. The first-order chi connectivity index (χ1) is 6.45. The Morgan fingerprint density at radius 2 is 2.07 bits per heavy atom. The van der Waals surface area contributed by atoms with Crippen molar-refractivity contribution >= 4 is 15.7 Å². The highest BCUT2D eigenvalue weighted by Gasteiger charge is 2.12. The predicted molar refractivity (Wildman–Crippen MR) is 54.0 cm³/mol. The smallest absolute Gasteiger partial charge is 0.232 e. The van der Waals surface area contributed by atoms with Crippen molar-refractivity contribution in [3.63, 3.8) is 0 Å². The summed E-state index contributed by atoms with van der Waals surface area (Å²) in [7, 11) is -0.278. The van der Waals surface area contributed by atoms with Gasteiger partial charge in [-0.05, 0) is 0 Å². The molecule has 0 amide bonds. The molecule has 0 radical (unpaired) electrons. The van der Waals surface area contributed by atoms with E-state index in [-0.39, 0.29) is 0 Å². The average molecular weight is 216 g/mol. The van der Waals surface area contributed by atoms with Gasteiger partial charge in [-0.2, -0.15) is 0 Å². The molecule has 0 unspecified atom stereocenters. The minimum atomic E-state index is -3.24. The van der Waals surface area contributed by atoms with Crippen LogP contribution in [0.4, 0.5) is 5.69 Å². The number of ether oxygens (including phenoxy) is 1. The second-order valence-corrected chi connectivity index (χ2v) is 4.83. The second kappa shape index (κ2) is 3.83. The third-order valence-electron chi connectivity index (χ3n) is 1.80. The number of rotatable bonds is 3. The molecule has 0 aliphatic carbocycles. The first kappa shape index (κ1) is 10.8. The van der Waals surface area contributed by atoms with Crippen LogP contribution >= 0.6 is 0 Å². The van der Waals surface area contributed by atoms with E-state index in [9.17, 15) is 8.42 Å². The van der Waals surface area contributed by atoms with Gasteiger partial charge < -0.3 is 4.74 Å². The molecule has 1 rings (SSSR count). The van der Waals surface area contributed by atoms with Crippen LogP contribution in [0.2, 0.25) is 0 Å². The maximum Gasteiger partial charge on any atom is 0.232 e. The van der Waals surface area contributed by atoms with Crippen molar-refractivity contribution in [2.45, 2.75) is 0 Å². The Hall–Kier alpha value is -1.30. The Bertz CT molecular complexity index is 416. The summed E-state index contributed by atoms with van der Waals surface area (Å²) in [5, 5.41) is 0. The third-order valence-corrected chi connectivity index (χ3v) is 3.00. The molecule has 0 aliphatic heterocycles. The average Bonchev–Trinajstić information content (AvgIpc) is 2.15. The van der Waals surface area contributed by atoms with E-state index in [2.05, 4.69) is 4.98 Å². The van der Waals surface area contributed by atoms with Crippen molar-refractivity contribution in [2.75, 3.05) is 24.7 Å². The third kappa shape index (κ3) is 2.35. The Labute approximate surface area is 83.4 Å². The zero-order chi connectivity index (χ0) is 10.8. The molecule has 0 fully saturated rings. The summed E-state index contributed by atoms with van der Waals surface area (Å²) in [6.45, 7) is 0. The molecule has 0 spiro atoms. The SMILES string of the molecule is COc1cncc(N(C)S(C)(=O)=O)c1. The molecule has 6 heteroatoms. The molecule has 1 aromatic heterocycles. The lowest BCUT2D eigenvalue weighted by Crippen LogP contribution is -2.24. The fourth-order valence-electron chi connectivity index (χ4n) is 0.883. The van der Waals surface area contributed by atoms with Gasteiger partial charge in [-0.1, -0.05) is 0 Å². The van der Waals surface area contributed by atoms with Crippen molar-refractivity contribution in [3.05, 3.63) is 18.5 Å². The molecule has 0 aromatic carbocycles. The summed E-state index contributed by atoms with van der Waals surface area (Å²) in [5.74, 6) is 0.526. The van der Waals surface area contributed by atoms with Gasteiger partial charge in [0.05, 0.1) is 31.4 Å². The van der Waals surface area contributed by atoms with E-state index >= 15 is 0 Å². The second-order valence-electron chi connectivity index (χ2n) is 2.81. The van der Waals surface area contributed by atoms with E-state index in [4.69, 9.17) is 4.74 Å². The number of sulfonamides is 1. The molecule has 5 nitrogen and oxygen atoms in total. The number of pyridine rings is 1. The molecule has 1 aromatic rings. The van der Waals surface area contributed by atoms with Crippen LogP contribution in [0, 0.1) is 0 Å². The summed E-state index contributed by atoms with van der Waals surface area (Å²) >= 11 is 0. The molecule has 0 saturated carbocycles. The largest absolute Gasteiger partial charge is 0.495 e. The van der Waals surface area contributed by atoms with E-state index in [1.807, 2.05) is 0 Å². The standard InChI is InChI=1S/C8H12N2O3S/c1-10(14(3,11)12)7-4-8(13-2)6-9-5-7/h4-6H,1-3H3. The molecule has 0 atom stereocenters. The molecule has 0 bridgehead atoms. The number of nitrogens with zero attached hydrogens (tertiary/aromatic N) is 2. The zero-order valence-electron chi connectivity index (χ0n) is 8.26. The summed E-state index contributed by atoms with van der Waals surface area (Å²) < 4.78 is 28.5. The van der Waals surface area contributed by atoms with E-state index in [1.165, 1.54) is 26.6 Å². The molecule has 0 saturated heterocycles. The van der Waals surface area contributed by atoms with Crippen LogP contribution in [0.1, 0.15) is 0 Å². The Balaban J connectivity index is 3.08. The lowest BCUT2D eigenvalue weighted by molar-refractivity contribution is 0.413. The normalized spacial score (nSPS) is 11.1. The van der Waals surface area contributed by atoms with E-state index in [0.717, 1.165) is 10.6 Å². The van der Waals surface area contributed by atoms with Gasteiger partial charge >= 0.3 is 0 Å². The van der Waals surface area contributed by atoms with E-state index < -0.39 is 10.0 Å². The molecule has 1 heterocycles. The maximum atomic E-state index is 11.2. The van der Waals surface area contributed by atoms with Gasteiger partial charge in [0.2, 0.25) is 10.0 Å². The van der Waals surface area contributed by atoms with Crippen molar-refractivity contribution in [1.29, 1.82) is 0 Å². The van der Waals surface area contributed by atoms with E-state index in [0.29, 0.717) is 11.4 Å². The highest BCUT2D eigenvalue weighted by Crippen LogP contribution is 2.19. The number of hydrogen-bond acceptors (Lipinski definition) is 4. The monoisotopic (exact) mass is 216 g/mol. The molecule has 0 aliphatic rings. The summed E-state index contributed by atoms with van der Waals surface area (Å²) in [6, 6.07) is 1.61. The van der Waals surface area contributed by atoms with Crippen LogP contribution < -0.4 is 9.04 Å². The molecular weight excluding hydrogens is 204 g/mol. The van der Waals surface area contributed by atoms with Gasteiger partial charge in [0.15, 0.2) is 0 Å². The van der Waals surface area contributed by atoms with Gasteiger partial charge in [0.1, 0.15) is 5.75 Å². The van der Waals surface area contributed by atoms with Crippen LogP contribution in [0.3, 0.4) is 0 Å². The van der Waals surface area contributed by atoms with Crippen LogP contribution in [-0.2, 0) is 10.0 Å². The van der Waals surface area contributed by atoms with Gasteiger partial charge in [-0.3, -0.25) is 9.29 Å². The first-order valence-corrected chi connectivity index (χ1v) is 5.73. The predicted octanol–water partition coefficient (Wildman–Crippen LogP) is 0.486. The van der Waals surface area contributed by atoms with Crippen LogP contribution in [0.15, 0.2) is 18.5 Å². The zero-order valence-corrected chi connectivity index (χ0v) is 9.08. The van der Waals surface area contributed by atoms with Crippen LogP contribution in [0.5, 0.6) is 5.75 Å². The van der Waals surface area contributed by atoms with Crippen molar-refractivity contribution < 1.29 is 13.2 Å². The summed E-state index contributed by atoms with van der Waals surface area (Å²) in [6.07, 6.45) is 4.11. The highest BCUT2D eigenvalue weighted by atomic mass is 32.2. The van der Waals surface area contributed by atoms with Gasteiger partial charge in [0.25, 0.3) is 0 Å².